The second-order valence-corrected chi connectivity index (χ2v) is 4.54. The van der Waals surface area contributed by atoms with Crippen molar-refractivity contribution in [2.24, 2.45) is 0 Å². The fourth-order valence-corrected chi connectivity index (χ4v) is 2.21. The van der Waals surface area contributed by atoms with E-state index in [1.54, 1.807) is 0 Å². The van der Waals surface area contributed by atoms with Gasteiger partial charge in [0.15, 0.2) is 0 Å². The van der Waals surface area contributed by atoms with Crippen molar-refractivity contribution in [1.82, 2.24) is 9.97 Å². The van der Waals surface area contributed by atoms with E-state index in [-0.39, 0.29) is 5.82 Å². The summed E-state index contributed by atoms with van der Waals surface area (Å²) in [5.41, 5.74) is 2.39. The van der Waals surface area contributed by atoms with Gasteiger partial charge in [0.2, 0.25) is 0 Å². The third-order valence-corrected chi connectivity index (χ3v) is 3.06. The molecule has 18 heavy (non-hydrogen) atoms. The predicted molar refractivity (Wildman–Crippen MR) is 70.3 cm³/mol. The number of halogens is 2. The summed E-state index contributed by atoms with van der Waals surface area (Å²) < 4.78 is 13.2. The van der Waals surface area contributed by atoms with Crippen LogP contribution in [0, 0.1) is 5.82 Å². The molecule has 1 heterocycles. The molecule has 4 heteroatoms. The molecule has 0 aliphatic carbocycles. The van der Waals surface area contributed by atoms with Gasteiger partial charge in [-0.2, -0.15) is 0 Å². The monoisotopic (exact) mass is 260 g/mol. The Morgan fingerprint density at radius 2 is 1.94 bits per heavy atom. The normalized spacial score (nSPS) is 11.0. The Morgan fingerprint density at radius 1 is 1.17 bits per heavy atom. The molecule has 1 N–H and O–H groups in total. The Morgan fingerprint density at radius 3 is 2.72 bits per heavy atom. The molecule has 0 bridgehead atoms. The topological polar surface area (TPSA) is 28.7 Å². The van der Waals surface area contributed by atoms with Crippen LogP contribution in [0.25, 0.3) is 11.0 Å². The summed E-state index contributed by atoms with van der Waals surface area (Å²) in [4.78, 5) is 7.48. The highest BCUT2D eigenvalue weighted by Crippen LogP contribution is 2.23. The second kappa shape index (κ2) is 4.42. The highest BCUT2D eigenvalue weighted by atomic mass is 35.5. The Labute approximate surface area is 108 Å². The molecule has 0 spiro atoms. The Bertz CT molecular complexity index is 692. The van der Waals surface area contributed by atoms with E-state index in [4.69, 9.17) is 11.6 Å². The molecule has 0 fully saturated rings. The average Bonchev–Trinajstić information content (AvgIpc) is 2.73. The number of H-pyrrole nitrogens is 1. The van der Waals surface area contributed by atoms with Crippen LogP contribution in [0.4, 0.5) is 4.39 Å². The van der Waals surface area contributed by atoms with Gasteiger partial charge in [-0.15, -0.1) is 0 Å². The number of benzene rings is 2. The van der Waals surface area contributed by atoms with Gasteiger partial charge in [0.05, 0.1) is 10.5 Å². The first-order valence-corrected chi connectivity index (χ1v) is 5.98. The number of aromatic nitrogens is 2. The van der Waals surface area contributed by atoms with E-state index in [1.807, 2.05) is 30.3 Å². The van der Waals surface area contributed by atoms with Crippen LogP contribution < -0.4 is 0 Å². The van der Waals surface area contributed by atoms with Crippen LogP contribution in [-0.4, -0.2) is 9.97 Å². The van der Waals surface area contributed by atoms with Gasteiger partial charge in [-0.05, 0) is 17.7 Å². The van der Waals surface area contributed by atoms with E-state index in [9.17, 15) is 4.39 Å². The maximum Gasteiger partial charge on any atom is 0.126 e. The third kappa shape index (κ3) is 2.09. The predicted octanol–water partition coefficient (Wildman–Crippen LogP) is 3.95. The summed E-state index contributed by atoms with van der Waals surface area (Å²) in [6.07, 6.45) is 0.674. The first-order chi connectivity index (χ1) is 8.72. The molecule has 90 valence electrons. The van der Waals surface area contributed by atoms with E-state index in [1.165, 1.54) is 12.1 Å². The molecule has 0 aliphatic rings. The molecule has 0 aliphatic heterocycles. The molecule has 1 aromatic heterocycles. The molecule has 3 rings (SSSR count). The summed E-state index contributed by atoms with van der Waals surface area (Å²) in [6.45, 7) is 0. The lowest BCUT2D eigenvalue weighted by Crippen LogP contribution is -1.89. The molecule has 0 unspecified atom stereocenters. The van der Waals surface area contributed by atoms with Crippen LogP contribution in [0.15, 0.2) is 42.5 Å². The minimum atomic E-state index is -0.359. The molecule has 2 aromatic carbocycles. The number of nitrogens with zero attached hydrogens (tertiary/aromatic N) is 1. The van der Waals surface area contributed by atoms with Crippen molar-refractivity contribution in [1.29, 1.82) is 0 Å². The van der Waals surface area contributed by atoms with Gasteiger partial charge in [-0.3, -0.25) is 0 Å². The van der Waals surface area contributed by atoms with Crippen molar-refractivity contribution < 1.29 is 4.39 Å². The Hall–Kier alpha value is -1.87. The van der Waals surface area contributed by atoms with Crippen LogP contribution in [0.3, 0.4) is 0 Å². The summed E-state index contributed by atoms with van der Waals surface area (Å²) in [5.74, 6) is 0.422. The highest BCUT2D eigenvalue weighted by Gasteiger charge is 2.08. The lowest BCUT2D eigenvalue weighted by molar-refractivity contribution is 0.629. The molecule has 0 saturated carbocycles. The van der Waals surface area contributed by atoms with Crippen molar-refractivity contribution in [2.45, 2.75) is 6.42 Å². The fourth-order valence-electron chi connectivity index (χ4n) is 1.97. The number of fused-ring (bicyclic) bond motifs is 1. The van der Waals surface area contributed by atoms with Crippen molar-refractivity contribution in [3.8, 4) is 0 Å². The zero-order valence-electron chi connectivity index (χ0n) is 9.45. The number of imidazole rings is 1. The quantitative estimate of drug-likeness (QED) is 0.743. The maximum atomic E-state index is 13.2. The van der Waals surface area contributed by atoms with Gasteiger partial charge in [-0.1, -0.05) is 41.9 Å². The first-order valence-electron chi connectivity index (χ1n) is 5.60. The van der Waals surface area contributed by atoms with Crippen LogP contribution in [0.1, 0.15) is 11.4 Å². The minimum absolute atomic E-state index is 0.334. The number of hydrogen-bond acceptors (Lipinski definition) is 1. The third-order valence-electron chi connectivity index (χ3n) is 2.77. The van der Waals surface area contributed by atoms with Crippen molar-refractivity contribution >= 4 is 22.6 Å². The van der Waals surface area contributed by atoms with E-state index in [0.29, 0.717) is 22.5 Å². The first kappa shape index (κ1) is 11.2. The summed E-state index contributed by atoms with van der Waals surface area (Å²) in [7, 11) is 0. The lowest BCUT2D eigenvalue weighted by Gasteiger charge is -1.96. The van der Waals surface area contributed by atoms with Gasteiger partial charge < -0.3 is 4.98 Å². The summed E-state index contributed by atoms with van der Waals surface area (Å²) in [6, 6.07) is 12.6. The van der Waals surface area contributed by atoms with Crippen LogP contribution in [0.2, 0.25) is 5.02 Å². The Balaban J connectivity index is 2.01. The van der Waals surface area contributed by atoms with E-state index < -0.39 is 0 Å². The molecule has 2 nitrogen and oxygen atoms in total. The van der Waals surface area contributed by atoms with E-state index in [0.717, 1.165) is 11.4 Å². The zero-order valence-corrected chi connectivity index (χ0v) is 10.2. The number of nitrogens with one attached hydrogen (secondary N) is 1. The number of aromatic amines is 1. The zero-order chi connectivity index (χ0) is 12.5. The molecule has 3 aromatic rings. The lowest BCUT2D eigenvalue weighted by atomic mass is 10.1. The second-order valence-electron chi connectivity index (χ2n) is 4.13. The number of hydrogen-bond donors (Lipinski definition) is 1. The molecule has 0 atom stereocenters. The number of rotatable bonds is 2. The van der Waals surface area contributed by atoms with Crippen molar-refractivity contribution in [3.63, 3.8) is 0 Å². The van der Waals surface area contributed by atoms with Gasteiger partial charge >= 0.3 is 0 Å². The molecular weight excluding hydrogens is 251 g/mol. The van der Waals surface area contributed by atoms with Gasteiger partial charge in [0.1, 0.15) is 17.2 Å². The molecule has 0 radical (unpaired) electrons. The van der Waals surface area contributed by atoms with Crippen molar-refractivity contribution in [3.05, 3.63) is 64.7 Å². The Kier molecular flexibility index (Phi) is 2.76. The molecule has 0 saturated heterocycles. The van der Waals surface area contributed by atoms with Crippen LogP contribution >= 0.6 is 11.6 Å². The van der Waals surface area contributed by atoms with Gasteiger partial charge in [0.25, 0.3) is 0 Å². The van der Waals surface area contributed by atoms with Gasteiger partial charge in [0, 0.05) is 6.42 Å². The van der Waals surface area contributed by atoms with E-state index in [2.05, 4.69) is 9.97 Å². The standard InChI is InChI=1S/C14H10ClFN2/c15-11-7-10(16)8-12-14(11)18-13(17-12)6-9-4-2-1-3-5-9/h1-5,7-8H,6H2,(H,17,18). The highest BCUT2D eigenvalue weighted by molar-refractivity contribution is 6.34. The molecular formula is C14H10ClFN2. The fraction of sp³-hybridized carbons (Fsp3) is 0.0714. The van der Waals surface area contributed by atoms with Gasteiger partial charge in [-0.25, -0.2) is 9.37 Å². The minimum Gasteiger partial charge on any atom is -0.342 e. The van der Waals surface area contributed by atoms with Crippen molar-refractivity contribution in [2.75, 3.05) is 0 Å². The summed E-state index contributed by atoms with van der Waals surface area (Å²) in [5, 5.41) is 0.334. The SMILES string of the molecule is Fc1cc(Cl)c2nc(Cc3ccccc3)[nH]c2c1. The smallest absolute Gasteiger partial charge is 0.126 e. The van der Waals surface area contributed by atoms with Crippen LogP contribution in [0.5, 0.6) is 0 Å². The summed E-state index contributed by atoms with van der Waals surface area (Å²) >= 11 is 5.96. The molecule has 0 amide bonds. The van der Waals surface area contributed by atoms with Crippen LogP contribution in [-0.2, 0) is 6.42 Å². The average molecular weight is 261 g/mol. The van der Waals surface area contributed by atoms with E-state index >= 15 is 0 Å². The largest absolute Gasteiger partial charge is 0.342 e. The maximum absolute atomic E-state index is 13.2.